The van der Waals surface area contributed by atoms with Crippen molar-refractivity contribution >= 4 is 23.5 Å². The Labute approximate surface area is 145 Å². The monoisotopic (exact) mass is 341 g/mol. The number of nitrogens with one attached hydrogen (secondary N) is 2. The summed E-state index contributed by atoms with van der Waals surface area (Å²) in [6.45, 7) is 1.79. The summed E-state index contributed by atoms with van der Waals surface area (Å²) >= 11 is 0. The number of carbonyl (C=O) groups is 3. The van der Waals surface area contributed by atoms with Crippen molar-refractivity contribution < 1.29 is 19.1 Å². The molecule has 0 aliphatic rings. The minimum absolute atomic E-state index is 0.0779. The van der Waals surface area contributed by atoms with Crippen LogP contribution in [-0.2, 0) is 19.1 Å². The van der Waals surface area contributed by atoms with E-state index in [-0.39, 0.29) is 6.42 Å². The molecule has 2 amide bonds. The molecule has 2 rings (SSSR count). The van der Waals surface area contributed by atoms with E-state index in [0.717, 1.165) is 5.56 Å². The van der Waals surface area contributed by atoms with Crippen LogP contribution in [0.1, 0.15) is 23.6 Å². The lowest BCUT2D eigenvalue weighted by Gasteiger charge is -2.18. The molecular weight excluding hydrogens is 322 g/mol. The summed E-state index contributed by atoms with van der Waals surface area (Å²) in [6, 6.07) is 9.96. The van der Waals surface area contributed by atoms with Crippen molar-refractivity contribution in [3.8, 4) is 0 Å². The number of benzene rings is 1. The van der Waals surface area contributed by atoms with E-state index in [2.05, 4.69) is 20.4 Å². The van der Waals surface area contributed by atoms with Crippen LogP contribution in [0.15, 0.2) is 48.8 Å². The standard InChI is InChI=1S/C18H19N3O4/c1-12-8-9-19-11-15(12)21-18(24)17(23)20-14(10-16(22)25-2)13-6-4-3-5-7-13/h3-9,11,14H,10H2,1-2H3,(H,20,23)(H,21,24)/t14-/m0/s1. The van der Waals surface area contributed by atoms with E-state index in [9.17, 15) is 14.4 Å². The third-order valence-electron chi connectivity index (χ3n) is 3.60. The molecule has 1 heterocycles. The average Bonchev–Trinajstić information content (AvgIpc) is 2.63. The normalized spacial score (nSPS) is 11.3. The molecule has 130 valence electrons. The number of hydrogen-bond donors (Lipinski definition) is 2. The highest BCUT2D eigenvalue weighted by Crippen LogP contribution is 2.17. The second-order valence-corrected chi connectivity index (χ2v) is 5.36. The second kappa shape index (κ2) is 8.58. The van der Waals surface area contributed by atoms with Crippen LogP contribution in [0.2, 0.25) is 0 Å². The fourth-order valence-corrected chi connectivity index (χ4v) is 2.19. The highest BCUT2D eigenvalue weighted by Gasteiger charge is 2.23. The first-order valence-corrected chi connectivity index (χ1v) is 7.65. The van der Waals surface area contributed by atoms with Gasteiger partial charge in [-0.3, -0.25) is 19.4 Å². The molecule has 1 atom stereocenters. The molecule has 2 aromatic rings. The highest BCUT2D eigenvalue weighted by atomic mass is 16.5. The van der Waals surface area contributed by atoms with E-state index in [4.69, 9.17) is 0 Å². The molecule has 1 aromatic carbocycles. The van der Waals surface area contributed by atoms with Gasteiger partial charge in [-0.05, 0) is 24.1 Å². The maximum absolute atomic E-state index is 12.2. The summed E-state index contributed by atoms with van der Waals surface area (Å²) in [6.07, 6.45) is 2.97. The quantitative estimate of drug-likeness (QED) is 0.638. The van der Waals surface area contributed by atoms with Crippen molar-refractivity contribution in [2.45, 2.75) is 19.4 Å². The van der Waals surface area contributed by atoms with Crippen molar-refractivity contribution in [2.24, 2.45) is 0 Å². The molecule has 0 fully saturated rings. The first-order chi connectivity index (χ1) is 12.0. The van der Waals surface area contributed by atoms with Gasteiger partial charge in [-0.15, -0.1) is 0 Å². The van der Waals surface area contributed by atoms with Crippen LogP contribution in [0, 0.1) is 6.92 Å². The summed E-state index contributed by atoms with van der Waals surface area (Å²) in [7, 11) is 1.27. The van der Waals surface area contributed by atoms with Crippen molar-refractivity contribution in [2.75, 3.05) is 12.4 Å². The van der Waals surface area contributed by atoms with E-state index >= 15 is 0 Å². The molecule has 0 aliphatic carbocycles. The van der Waals surface area contributed by atoms with Crippen LogP contribution in [-0.4, -0.2) is 29.9 Å². The Morgan fingerprint density at radius 3 is 2.48 bits per heavy atom. The molecule has 0 saturated carbocycles. The van der Waals surface area contributed by atoms with E-state index in [1.807, 2.05) is 6.07 Å². The first-order valence-electron chi connectivity index (χ1n) is 7.65. The van der Waals surface area contributed by atoms with Gasteiger partial charge in [0.1, 0.15) is 0 Å². The number of nitrogens with zero attached hydrogens (tertiary/aromatic N) is 1. The SMILES string of the molecule is COC(=O)C[C@H](NC(=O)C(=O)Nc1cnccc1C)c1ccccc1. The summed E-state index contributed by atoms with van der Waals surface area (Å²) in [5, 5.41) is 5.07. The van der Waals surface area contributed by atoms with Gasteiger partial charge >= 0.3 is 17.8 Å². The lowest BCUT2D eigenvalue weighted by atomic mass is 10.0. The number of aryl methyl sites for hydroxylation is 1. The number of ether oxygens (including phenoxy) is 1. The first kappa shape index (κ1) is 18.1. The summed E-state index contributed by atoms with van der Waals surface area (Å²) < 4.78 is 4.66. The Morgan fingerprint density at radius 1 is 1.12 bits per heavy atom. The Balaban J connectivity index is 2.09. The Kier molecular flexibility index (Phi) is 6.22. The largest absolute Gasteiger partial charge is 0.469 e. The molecule has 0 aliphatic heterocycles. The van der Waals surface area contributed by atoms with Crippen LogP contribution in [0.25, 0.3) is 0 Å². The minimum Gasteiger partial charge on any atom is -0.469 e. The Morgan fingerprint density at radius 2 is 1.84 bits per heavy atom. The van der Waals surface area contributed by atoms with Gasteiger partial charge in [0, 0.05) is 6.20 Å². The van der Waals surface area contributed by atoms with Crippen LogP contribution in [0.4, 0.5) is 5.69 Å². The number of pyridine rings is 1. The number of aromatic nitrogens is 1. The summed E-state index contributed by atoms with van der Waals surface area (Å²) in [4.78, 5) is 39.8. The van der Waals surface area contributed by atoms with Crippen LogP contribution in [0.5, 0.6) is 0 Å². The fourth-order valence-electron chi connectivity index (χ4n) is 2.19. The molecule has 0 radical (unpaired) electrons. The molecule has 7 nitrogen and oxygen atoms in total. The second-order valence-electron chi connectivity index (χ2n) is 5.36. The van der Waals surface area contributed by atoms with Gasteiger partial charge in [0.05, 0.1) is 31.5 Å². The summed E-state index contributed by atoms with van der Waals surface area (Å²) in [5.41, 5.74) is 1.93. The third kappa shape index (κ3) is 5.13. The van der Waals surface area contributed by atoms with Gasteiger partial charge in [-0.1, -0.05) is 30.3 Å². The highest BCUT2D eigenvalue weighted by molar-refractivity contribution is 6.39. The van der Waals surface area contributed by atoms with Gasteiger partial charge in [-0.25, -0.2) is 0 Å². The third-order valence-corrected chi connectivity index (χ3v) is 3.60. The Hall–Kier alpha value is -3.22. The van der Waals surface area contributed by atoms with E-state index in [1.165, 1.54) is 13.3 Å². The number of rotatable bonds is 5. The molecule has 0 spiro atoms. The van der Waals surface area contributed by atoms with E-state index in [1.54, 1.807) is 43.5 Å². The van der Waals surface area contributed by atoms with Crippen LogP contribution in [0.3, 0.4) is 0 Å². The lowest BCUT2D eigenvalue weighted by molar-refractivity contribution is -0.142. The molecule has 1 aromatic heterocycles. The lowest BCUT2D eigenvalue weighted by Crippen LogP contribution is -2.38. The van der Waals surface area contributed by atoms with Gasteiger partial charge in [-0.2, -0.15) is 0 Å². The molecule has 0 unspecified atom stereocenters. The van der Waals surface area contributed by atoms with Gasteiger partial charge in [0.25, 0.3) is 0 Å². The van der Waals surface area contributed by atoms with Crippen LogP contribution < -0.4 is 10.6 Å². The topological polar surface area (TPSA) is 97.4 Å². The minimum atomic E-state index is -0.846. The van der Waals surface area contributed by atoms with E-state index < -0.39 is 23.8 Å². The number of hydrogen-bond acceptors (Lipinski definition) is 5. The maximum Gasteiger partial charge on any atom is 0.313 e. The van der Waals surface area contributed by atoms with Crippen molar-refractivity contribution in [1.82, 2.24) is 10.3 Å². The molecule has 0 saturated heterocycles. The molecule has 25 heavy (non-hydrogen) atoms. The van der Waals surface area contributed by atoms with Gasteiger partial charge in [0.15, 0.2) is 0 Å². The summed E-state index contributed by atoms with van der Waals surface area (Å²) in [5.74, 6) is -2.17. The zero-order chi connectivity index (χ0) is 18.2. The smallest absolute Gasteiger partial charge is 0.313 e. The maximum atomic E-state index is 12.2. The zero-order valence-electron chi connectivity index (χ0n) is 14.0. The predicted molar refractivity (Wildman–Crippen MR) is 91.6 cm³/mol. The van der Waals surface area contributed by atoms with Crippen molar-refractivity contribution in [1.29, 1.82) is 0 Å². The Bertz CT molecular complexity index is 762. The number of amides is 2. The van der Waals surface area contributed by atoms with Gasteiger partial charge in [0.2, 0.25) is 0 Å². The number of anilines is 1. The van der Waals surface area contributed by atoms with Crippen molar-refractivity contribution in [3.63, 3.8) is 0 Å². The van der Waals surface area contributed by atoms with E-state index in [0.29, 0.717) is 11.3 Å². The number of esters is 1. The molecule has 7 heteroatoms. The predicted octanol–water partition coefficient (Wildman–Crippen LogP) is 1.75. The number of methoxy groups -OCH3 is 1. The molecular formula is C18H19N3O4. The molecule has 2 N–H and O–H groups in total. The van der Waals surface area contributed by atoms with Crippen LogP contribution >= 0.6 is 0 Å². The van der Waals surface area contributed by atoms with Gasteiger partial charge < -0.3 is 15.4 Å². The molecule has 0 bridgehead atoms. The average molecular weight is 341 g/mol. The zero-order valence-corrected chi connectivity index (χ0v) is 14.0. The number of carbonyl (C=O) groups excluding carboxylic acids is 3. The fraction of sp³-hybridized carbons (Fsp3) is 0.222. The van der Waals surface area contributed by atoms with Crippen molar-refractivity contribution in [3.05, 3.63) is 59.9 Å².